The molecule has 0 aromatic heterocycles. The van der Waals surface area contributed by atoms with Crippen LogP contribution in [0.1, 0.15) is 35.9 Å². The number of carbonyl (C=O) groups is 1. The smallest absolute Gasteiger partial charge is 0.163 e. The minimum Gasteiger partial charge on any atom is -0.490 e. The van der Waals surface area contributed by atoms with E-state index in [1.807, 2.05) is 18.2 Å². The molecule has 0 bridgehead atoms. The van der Waals surface area contributed by atoms with Crippen LogP contribution in [-0.2, 0) is 4.74 Å². The zero-order valence-electron chi connectivity index (χ0n) is 16.6. The molecule has 2 aromatic carbocycles. The molecule has 1 aliphatic rings. The molecule has 0 aliphatic carbocycles. The first kappa shape index (κ1) is 23.8. The Labute approximate surface area is 186 Å². The van der Waals surface area contributed by atoms with Gasteiger partial charge in [0.1, 0.15) is 18.5 Å². The monoisotopic (exact) mass is 483 g/mol. The van der Waals surface area contributed by atoms with Crippen LogP contribution in [0.15, 0.2) is 53.0 Å². The van der Waals surface area contributed by atoms with E-state index < -0.39 is 6.10 Å². The maximum Gasteiger partial charge on any atom is 0.163 e. The summed E-state index contributed by atoms with van der Waals surface area (Å²) in [5.41, 5.74) is 1.66. The molecular formula is C22H27BrClNO4. The van der Waals surface area contributed by atoms with Gasteiger partial charge < -0.3 is 14.6 Å². The van der Waals surface area contributed by atoms with Crippen molar-refractivity contribution in [3.63, 3.8) is 0 Å². The van der Waals surface area contributed by atoms with Crippen molar-refractivity contribution in [2.45, 2.75) is 32.1 Å². The zero-order valence-corrected chi connectivity index (χ0v) is 19.0. The molecule has 1 aliphatic heterocycles. The van der Waals surface area contributed by atoms with Crippen molar-refractivity contribution in [1.82, 2.24) is 4.90 Å². The number of halogens is 2. The van der Waals surface area contributed by atoms with E-state index in [1.165, 1.54) is 6.92 Å². The molecule has 2 aromatic rings. The molecule has 0 amide bonds. The lowest BCUT2D eigenvalue weighted by molar-refractivity contribution is -0.0804. The molecule has 0 spiro atoms. The summed E-state index contributed by atoms with van der Waals surface area (Å²) in [6.45, 7) is 5.62. The minimum absolute atomic E-state index is 0. The third-order valence-corrected chi connectivity index (χ3v) is 5.56. The van der Waals surface area contributed by atoms with Crippen molar-refractivity contribution in [3.05, 3.63) is 64.1 Å². The highest BCUT2D eigenvalue weighted by Gasteiger charge is 2.31. The van der Waals surface area contributed by atoms with Crippen molar-refractivity contribution >= 4 is 34.1 Å². The van der Waals surface area contributed by atoms with E-state index in [0.717, 1.165) is 16.6 Å². The number of para-hydroxylation sites is 1. The van der Waals surface area contributed by atoms with E-state index in [0.29, 0.717) is 24.5 Å². The normalized spacial score (nSPS) is 20.6. The van der Waals surface area contributed by atoms with Gasteiger partial charge in [-0.25, -0.2) is 0 Å². The zero-order chi connectivity index (χ0) is 20.1. The summed E-state index contributed by atoms with van der Waals surface area (Å²) in [5, 5.41) is 10.5. The van der Waals surface area contributed by atoms with Crippen LogP contribution < -0.4 is 4.74 Å². The van der Waals surface area contributed by atoms with E-state index in [2.05, 4.69) is 39.9 Å². The van der Waals surface area contributed by atoms with Crippen molar-refractivity contribution in [2.24, 2.45) is 0 Å². The number of morpholine rings is 1. The fourth-order valence-corrected chi connectivity index (χ4v) is 3.77. The minimum atomic E-state index is -0.661. The predicted molar refractivity (Wildman–Crippen MR) is 119 cm³/mol. The average Bonchev–Trinajstić information content (AvgIpc) is 2.69. The molecule has 29 heavy (non-hydrogen) atoms. The van der Waals surface area contributed by atoms with Crippen LogP contribution in [0.5, 0.6) is 5.75 Å². The molecule has 1 saturated heterocycles. The van der Waals surface area contributed by atoms with Crippen LogP contribution in [0.25, 0.3) is 0 Å². The first-order chi connectivity index (χ1) is 13.5. The molecule has 5 nitrogen and oxygen atoms in total. The fraction of sp³-hybridized carbons (Fsp3) is 0.409. The lowest BCUT2D eigenvalue weighted by Crippen LogP contribution is -2.49. The second kappa shape index (κ2) is 11.1. The van der Waals surface area contributed by atoms with Gasteiger partial charge in [-0.1, -0.05) is 40.2 Å². The van der Waals surface area contributed by atoms with Gasteiger partial charge in [-0.3, -0.25) is 9.69 Å². The number of hydrogen-bond donors (Lipinski definition) is 1. The number of carbonyl (C=O) groups excluding carboxylic acids is 1. The third-order valence-electron chi connectivity index (χ3n) is 5.03. The Balaban J connectivity index is 0.00000300. The Hall–Kier alpha value is -1.44. The number of hydrogen-bond acceptors (Lipinski definition) is 5. The van der Waals surface area contributed by atoms with Gasteiger partial charge in [-0.15, -0.1) is 12.4 Å². The molecule has 1 heterocycles. The number of rotatable bonds is 7. The topological polar surface area (TPSA) is 59.0 Å². The Morgan fingerprint density at radius 3 is 2.66 bits per heavy atom. The van der Waals surface area contributed by atoms with E-state index in [9.17, 15) is 9.90 Å². The van der Waals surface area contributed by atoms with Gasteiger partial charge in [0.2, 0.25) is 0 Å². The van der Waals surface area contributed by atoms with Gasteiger partial charge >= 0.3 is 0 Å². The number of aliphatic hydroxyl groups excluding tert-OH is 1. The number of ether oxygens (including phenoxy) is 2. The van der Waals surface area contributed by atoms with Gasteiger partial charge in [-0.05, 0) is 43.7 Å². The van der Waals surface area contributed by atoms with Gasteiger partial charge in [0.25, 0.3) is 0 Å². The van der Waals surface area contributed by atoms with E-state index in [1.54, 1.807) is 18.2 Å². The lowest BCUT2D eigenvalue weighted by atomic mass is 10.0. The summed E-state index contributed by atoms with van der Waals surface area (Å²) in [6.07, 6.45) is -0.695. The largest absolute Gasteiger partial charge is 0.490 e. The third kappa shape index (κ3) is 6.27. The van der Waals surface area contributed by atoms with Crippen molar-refractivity contribution < 1.29 is 19.4 Å². The van der Waals surface area contributed by atoms with Crippen LogP contribution in [0.4, 0.5) is 0 Å². The van der Waals surface area contributed by atoms with E-state index in [4.69, 9.17) is 9.47 Å². The lowest BCUT2D eigenvalue weighted by Gasteiger charge is -2.40. The second-order valence-electron chi connectivity index (χ2n) is 7.10. The number of ketones is 1. The van der Waals surface area contributed by atoms with Crippen molar-refractivity contribution in [1.29, 1.82) is 0 Å². The van der Waals surface area contributed by atoms with Crippen LogP contribution in [0.3, 0.4) is 0 Å². The molecule has 3 atom stereocenters. The van der Waals surface area contributed by atoms with Crippen LogP contribution in [-0.4, -0.2) is 54.2 Å². The summed E-state index contributed by atoms with van der Waals surface area (Å²) >= 11 is 3.46. The molecule has 0 saturated carbocycles. The average molecular weight is 485 g/mol. The molecule has 0 radical (unpaired) electrons. The van der Waals surface area contributed by atoms with E-state index in [-0.39, 0.29) is 36.9 Å². The Morgan fingerprint density at radius 2 is 1.97 bits per heavy atom. The SMILES string of the molecule is CC(=O)c1ccccc1OCC(O)CN1CCOC(c2ccc(Br)cc2)C1C.Cl. The van der Waals surface area contributed by atoms with Crippen LogP contribution in [0.2, 0.25) is 0 Å². The fourth-order valence-electron chi connectivity index (χ4n) is 3.51. The molecule has 7 heteroatoms. The highest BCUT2D eigenvalue weighted by Crippen LogP contribution is 2.29. The summed E-state index contributed by atoms with van der Waals surface area (Å²) in [4.78, 5) is 13.9. The molecule has 3 rings (SSSR count). The summed E-state index contributed by atoms with van der Waals surface area (Å²) in [7, 11) is 0. The summed E-state index contributed by atoms with van der Waals surface area (Å²) in [6, 6.07) is 15.4. The molecule has 1 N–H and O–H groups in total. The quantitative estimate of drug-likeness (QED) is 0.595. The number of nitrogens with zero attached hydrogens (tertiary/aromatic N) is 1. The van der Waals surface area contributed by atoms with E-state index >= 15 is 0 Å². The Bertz CT molecular complexity index is 802. The molecule has 158 valence electrons. The molecule has 1 fully saturated rings. The van der Waals surface area contributed by atoms with Gasteiger partial charge in [0, 0.05) is 23.6 Å². The second-order valence-corrected chi connectivity index (χ2v) is 8.01. The van der Waals surface area contributed by atoms with Crippen molar-refractivity contribution in [2.75, 3.05) is 26.3 Å². The van der Waals surface area contributed by atoms with Gasteiger partial charge in [0.15, 0.2) is 5.78 Å². The maximum absolute atomic E-state index is 11.7. The highest BCUT2D eigenvalue weighted by molar-refractivity contribution is 9.10. The van der Waals surface area contributed by atoms with Gasteiger partial charge in [-0.2, -0.15) is 0 Å². The number of benzene rings is 2. The number of Topliss-reactive ketones (excluding diaryl/α,β-unsaturated/α-hetero) is 1. The highest BCUT2D eigenvalue weighted by atomic mass is 79.9. The summed E-state index contributed by atoms with van der Waals surface area (Å²) < 4.78 is 12.8. The predicted octanol–water partition coefficient (Wildman–Crippen LogP) is 4.28. The maximum atomic E-state index is 11.7. The summed E-state index contributed by atoms with van der Waals surface area (Å²) in [5.74, 6) is 0.459. The Morgan fingerprint density at radius 1 is 1.28 bits per heavy atom. The van der Waals surface area contributed by atoms with Crippen LogP contribution >= 0.6 is 28.3 Å². The number of β-amino-alcohol motifs (C(OH)–C–C–N with tert-alkyl or cyclic N) is 1. The molecular weight excluding hydrogens is 458 g/mol. The number of aliphatic hydroxyl groups is 1. The first-order valence-corrected chi connectivity index (χ1v) is 10.3. The van der Waals surface area contributed by atoms with Crippen LogP contribution in [0, 0.1) is 0 Å². The first-order valence-electron chi connectivity index (χ1n) is 9.47. The van der Waals surface area contributed by atoms with Crippen molar-refractivity contribution in [3.8, 4) is 5.75 Å². The molecule has 3 unspecified atom stereocenters. The Kier molecular flexibility index (Phi) is 9.11. The standard InChI is InChI=1S/C22H26BrNO4.ClH/c1-15-22(17-7-9-18(23)10-8-17)27-12-11-24(15)13-19(26)14-28-21-6-4-3-5-20(21)16(2)25;/h3-10,15,19,22,26H,11-14H2,1-2H3;1H. The van der Waals surface area contributed by atoms with Gasteiger partial charge in [0.05, 0.1) is 18.3 Å².